The van der Waals surface area contributed by atoms with Gasteiger partial charge in [-0.3, -0.25) is 4.79 Å². The first kappa shape index (κ1) is 13.5. The lowest BCUT2D eigenvalue weighted by Crippen LogP contribution is -2.32. The lowest BCUT2D eigenvalue weighted by molar-refractivity contribution is -0.147. The molecule has 1 rings (SSSR count). The maximum absolute atomic E-state index is 11.3. The Labute approximate surface area is 97.4 Å². The summed E-state index contributed by atoms with van der Waals surface area (Å²) < 4.78 is 4.93. The highest BCUT2D eigenvalue weighted by molar-refractivity contribution is 5.72. The zero-order chi connectivity index (χ0) is 12.0. The number of esters is 1. The number of carbonyl (C=O) groups is 1. The quantitative estimate of drug-likeness (QED) is 0.608. The van der Waals surface area contributed by atoms with E-state index in [4.69, 9.17) is 9.84 Å². The van der Waals surface area contributed by atoms with Gasteiger partial charge < -0.3 is 15.2 Å². The molecule has 1 saturated carbocycles. The van der Waals surface area contributed by atoms with Crippen molar-refractivity contribution in [1.82, 2.24) is 5.32 Å². The summed E-state index contributed by atoms with van der Waals surface area (Å²) in [5.74, 6) is -0.230. The molecule has 0 radical (unpaired) electrons. The summed E-state index contributed by atoms with van der Waals surface area (Å²) in [6, 6.07) is 0. The molecule has 0 aromatic heterocycles. The molecule has 0 aliphatic heterocycles. The Morgan fingerprint density at radius 2 is 2.25 bits per heavy atom. The highest BCUT2D eigenvalue weighted by atomic mass is 16.5. The van der Waals surface area contributed by atoms with Crippen LogP contribution in [0.4, 0.5) is 0 Å². The Bertz CT molecular complexity index is 226. The van der Waals surface area contributed by atoms with Crippen LogP contribution < -0.4 is 5.32 Å². The first-order chi connectivity index (χ1) is 7.63. The van der Waals surface area contributed by atoms with Crippen molar-refractivity contribution in [3.05, 3.63) is 0 Å². The van der Waals surface area contributed by atoms with Crippen LogP contribution in [-0.2, 0) is 9.53 Å². The van der Waals surface area contributed by atoms with Crippen molar-refractivity contribution in [2.75, 3.05) is 26.3 Å². The molecule has 0 saturated heterocycles. The van der Waals surface area contributed by atoms with Crippen LogP contribution in [0.1, 0.15) is 33.1 Å². The molecule has 94 valence electrons. The van der Waals surface area contributed by atoms with Gasteiger partial charge >= 0.3 is 5.97 Å². The van der Waals surface area contributed by atoms with Gasteiger partial charge in [-0.15, -0.1) is 0 Å². The molecular weight excluding hydrogens is 206 g/mol. The Balaban J connectivity index is 2.13. The van der Waals surface area contributed by atoms with Crippen molar-refractivity contribution in [3.8, 4) is 0 Å². The van der Waals surface area contributed by atoms with E-state index in [2.05, 4.69) is 5.32 Å². The molecule has 4 nitrogen and oxygen atoms in total. The fourth-order valence-corrected chi connectivity index (χ4v) is 1.85. The molecule has 4 heteroatoms. The summed E-state index contributed by atoms with van der Waals surface area (Å²) in [6.45, 7) is 5.95. The topological polar surface area (TPSA) is 58.6 Å². The van der Waals surface area contributed by atoms with Crippen LogP contribution >= 0.6 is 0 Å². The van der Waals surface area contributed by atoms with E-state index in [1.165, 1.54) is 12.8 Å². The third kappa shape index (κ3) is 4.10. The van der Waals surface area contributed by atoms with E-state index < -0.39 is 0 Å². The number of nitrogens with one attached hydrogen (secondary N) is 1. The van der Waals surface area contributed by atoms with Crippen LogP contribution in [0.3, 0.4) is 0 Å². The summed E-state index contributed by atoms with van der Waals surface area (Å²) in [5.41, 5.74) is 0.309. The minimum atomic E-state index is -0.137. The van der Waals surface area contributed by atoms with Crippen LogP contribution in [0.2, 0.25) is 0 Å². The van der Waals surface area contributed by atoms with Crippen LogP contribution in [-0.4, -0.2) is 37.4 Å². The van der Waals surface area contributed by atoms with E-state index in [0.29, 0.717) is 18.6 Å². The maximum atomic E-state index is 11.3. The highest BCUT2D eigenvalue weighted by Crippen LogP contribution is 2.47. The van der Waals surface area contributed by atoms with Gasteiger partial charge in [-0.1, -0.05) is 6.92 Å². The van der Waals surface area contributed by atoms with Crippen molar-refractivity contribution < 1.29 is 14.6 Å². The van der Waals surface area contributed by atoms with Gasteiger partial charge in [0.1, 0.15) is 0 Å². The van der Waals surface area contributed by atoms with Gasteiger partial charge in [0.25, 0.3) is 0 Å². The van der Waals surface area contributed by atoms with Gasteiger partial charge in [-0.25, -0.2) is 0 Å². The van der Waals surface area contributed by atoms with E-state index in [9.17, 15) is 4.79 Å². The molecule has 16 heavy (non-hydrogen) atoms. The standard InChI is InChI=1S/C12H23NO3/c1-3-16-11(15)10(2)8-13-9-12(4-5-12)6-7-14/h10,13-14H,3-9H2,1-2H3. The summed E-state index contributed by atoms with van der Waals surface area (Å²) in [4.78, 5) is 11.3. The highest BCUT2D eigenvalue weighted by Gasteiger charge is 2.41. The van der Waals surface area contributed by atoms with Crippen LogP contribution in [0.5, 0.6) is 0 Å². The smallest absolute Gasteiger partial charge is 0.309 e. The number of carbonyl (C=O) groups excluding carboxylic acids is 1. The van der Waals surface area contributed by atoms with E-state index in [0.717, 1.165) is 13.0 Å². The number of ether oxygens (including phenoxy) is 1. The average molecular weight is 229 g/mol. The average Bonchev–Trinajstić information content (AvgIpc) is 2.99. The van der Waals surface area contributed by atoms with Gasteiger partial charge in [-0.2, -0.15) is 0 Å². The molecule has 1 aliphatic carbocycles. The second-order valence-corrected chi connectivity index (χ2v) is 4.76. The van der Waals surface area contributed by atoms with Gasteiger partial charge in [-0.05, 0) is 31.6 Å². The zero-order valence-corrected chi connectivity index (χ0v) is 10.3. The SMILES string of the molecule is CCOC(=O)C(C)CNCC1(CCO)CC1. The number of rotatable bonds is 8. The number of aliphatic hydroxyl groups excluding tert-OH is 1. The second-order valence-electron chi connectivity index (χ2n) is 4.76. The van der Waals surface area contributed by atoms with Gasteiger partial charge in [0.05, 0.1) is 12.5 Å². The molecule has 0 heterocycles. The first-order valence-corrected chi connectivity index (χ1v) is 6.12. The zero-order valence-electron chi connectivity index (χ0n) is 10.3. The molecule has 0 amide bonds. The minimum Gasteiger partial charge on any atom is -0.466 e. The van der Waals surface area contributed by atoms with E-state index in [-0.39, 0.29) is 18.5 Å². The van der Waals surface area contributed by atoms with Gasteiger partial charge in [0.15, 0.2) is 0 Å². The molecule has 0 aromatic rings. The molecule has 0 bridgehead atoms. The van der Waals surface area contributed by atoms with Gasteiger partial charge in [0, 0.05) is 19.7 Å². The fraction of sp³-hybridized carbons (Fsp3) is 0.917. The normalized spacial score (nSPS) is 19.2. The van der Waals surface area contributed by atoms with Crippen molar-refractivity contribution >= 4 is 5.97 Å². The molecule has 1 fully saturated rings. The predicted octanol–water partition coefficient (Wildman–Crippen LogP) is 0.938. The maximum Gasteiger partial charge on any atom is 0.309 e. The van der Waals surface area contributed by atoms with E-state index in [1.54, 1.807) is 0 Å². The monoisotopic (exact) mass is 229 g/mol. The Morgan fingerprint density at radius 1 is 1.56 bits per heavy atom. The second kappa shape index (κ2) is 6.21. The van der Waals surface area contributed by atoms with Crippen LogP contribution in [0.25, 0.3) is 0 Å². The van der Waals surface area contributed by atoms with Crippen LogP contribution in [0.15, 0.2) is 0 Å². The molecule has 0 spiro atoms. The molecule has 1 atom stereocenters. The van der Waals surface area contributed by atoms with Crippen molar-refractivity contribution in [2.45, 2.75) is 33.1 Å². The number of hydrogen-bond donors (Lipinski definition) is 2. The van der Waals surface area contributed by atoms with Crippen LogP contribution in [0, 0.1) is 11.3 Å². The van der Waals surface area contributed by atoms with Crippen molar-refractivity contribution in [2.24, 2.45) is 11.3 Å². The van der Waals surface area contributed by atoms with Crippen molar-refractivity contribution in [3.63, 3.8) is 0 Å². The summed E-state index contributed by atoms with van der Waals surface area (Å²) in [6.07, 6.45) is 3.25. The van der Waals surface area contributed by atoms with E-state index >= 15 is 0 Å². The Hall–Kier alpha value is -0.610. The number of hydrogen-bond acceptors (Lipinski definition) is 4. The third-order valence-electron chi connectivity index (χ3n) is 3.24. The third-order valence-corrected chi connectivity index (χ3v) is 3.24. The summed E-state index contributed by atoms with van der Waals surface area (Å²) in [5, 5.41) is 12.2. The summed E-state index contributed by atoms with van der Waals surface area (Å²) >= 11 is 0. The molecule has 1 unspecified atom stereocenters. The minimum absolute atomic E-state index is 0.0927. The lowest BCUT2D eigenvalue weighted by atomic mass is 10.0. The predicted molar refractivity (Wildman–Crippen MR) is 62.0 cm³/mol. The Morgan fingerprint density at radius 3 is 2.75 bits per heavy atom. The van der Waals surface area contributed by atoms with E-state index in [1.807, 2.05) is 13.8 Å². The molecule has 1 aliphatic rings. The summed E-state index contributed by atoms with van der Waals surface area (Å²) in [7, 11) is 0. The number of aliphatic hydroxyl groups is 1. The lowest BCUT2D eigenvalue weighted by Gasteiger charge is -2.16. The molecule has 0 aromatic carbocycles. The molecular formula is C12H23NO3. The van der Waals surface area contributed by atoms with Gasteiger partial charge in [0.2, 0.25) is 0 Å². The largest absolute Gasteiger partial charge is 0.466 e. The first-order valence-electron chi connectivity index (χ1n) is 6.12. The van der Waals surface area contributed by atoms with Crippen molar-refractivity contribution in [1.29, 1.82) is 0 Å². The Kier molecular flexibility index (Phi) is 5.22. The fourth-order valence-electron chi connectivity index (χ4n) is 1.85. The molecule has 2 N–H and O–H groups in total.